The summed E-state index contributed by atoms with van der Waals surface area (Å²) in [6.07, 6.45) is 3.42. The third-order valence-corrected chi connectivity index (χ3v) is 6.42. The van der Waals surface area contributed by atoms with E-state index in [0.717, 1.165) is 0 Å². The van der Waals surface area contributed by atoms with Crippen molar-refractivity contribution in [3.8, 4) is 16.9 Å². The maximum atomic E-state index is 15.8. The van der Waals surface area contributed by atoms with Gasteiger partial charge in [-0.2, -0.15) is 0 Å². The molecular weight excluding hydrogens is 570 g/mol. The SMILES string of the molecule is C=CCCCOc1cc(F)cc(C)c1-c1cc(C)c(F)c([C@H](CC(=O)OCC)NC(=O)[C@H](CC=C)NC(=O)OC(C)(C)C)c1. The molecule has 0 unspecified atom stereocenters. The molecule has 0 aliphatic heterocycles. The van der Waals surface area contributed by atoms with E-state index in [1.807, 2.05) is 0 Å². The molecule has 0 fully saturated rings. The molecule has 2 atom stereocenters. The Kier molecular flexibility index (Phi) is 13.6. The Labute approximate surface area is 258 Å². The van der Waals surface area contributed by atoms with Gasteiger partial charge in [-0.3, -0.25) is 9.59 Å². The number of hydrogen-bond acceptors (Lipinski definition) is 6. The summed E-state index contributed by atoms with van der Waals surface area (Å²) in [5.41, 5.74) is 1.05. The van der Waals surface area contributed by atoms with E-state index >= 15 is 4.39 Å². The lowest BCUT2D eigenvalue weighted by molar-refractivity contribution is -0.143. The Morgan fingerprint density at radius 2 is 1.70 bits per heavy atom. The first-order chi connectivity index (χ1) is 20.7. The van der Waals surface area contributed by atoms with Crippen LogP contribution in [0.1, 0.15) is 76.1 Å². The second kappa shape index (κ2) is 16.6. The minimum atomic E-state index is -1.18. The van der Waals surface area contributed by atoms with E-state index in [1.54, 1.807) is 53.7 Å². The standard InChI is InChI=1S/C34H44F2N2O6/c1-9-12-13-15-43-28-19-24(35)17-21(4)30(28)23-16-22(5)31(36)25(18-23)27(20-29(39)42-11-3)37-32(40)26(14-10-2)38-33(41)44-34(6,7)8/h9-10,16-19,26-27H,1-2,11-15,20H2,3-8H3,(H,37,40)(H,38,41)/t26-,27-/m0/s1. The lowest BCUT2D eigenvalue weighted by Gasteiger charge is -2.26. The van der Waals surface area contributed by atoms with Crippen molar-refractivity contribution in [3.05, 3.63) is 77.9 Å². The van der Waals surface area contributed by atoms with Crippen LogP contribution in [0.3, 0.4) is 0 Å². The van der Waals surface area contributed by atoms with Gasteiger partial charge in [0.15, 0.2) is 0 Å². The van der Waals surface area contributed by atoms with Gasteiger partial charge in [0.2, 0.25) is 5.91 Å². The molecule has 2 aromatic carbocycles. The summed E-state index contributed by atoms with van der Waals surface area (Å²) >= 11 is 0. The Morgan fingerprint density at radius 1 is 1.00 bits per heavy atom. The second-order valence-electron chi connectivity index (χ2n) is 11.4. The van der Waals surface area contributed by atoms with E-state index in [4.69, 9.17) is 14.2 Å². The molecule has 44 heavy (non-hydrogen) atoms. The van der Waals surface area contributed by atoms with Crippen LogP contribution < -0.4 is 15.4 Å². The highest BCUT2D eigenvalue weighted by atomic mass is 19.1. The van der Waals surface area contributed by atoms with Crippen molar-refractivity contribution in [2.75, 3.05) is 13.2 Å². The first-order valence-electron chi connectivity index (χ1n) is 14.6. The molecule has 0 bridgehead atoms. The summed E-state index contributed by atoms with van der Waals surface area (Å²) < 4.78 is 46.6. The van der Waals surface area contributed by atoms with Crippen LogP contribution in [0.5, 0.6) is 5.75 Å². The number of amides is 2. The average molecular weight is 615 g/mol. The van der Waals surface area contributed by atoms with Gasteiger partial charge in [0.1, 0.15) is 29.0 Å². The molecule has 0 heterocycles. The largest absolute Gasteiger partial charge is 0.493 e. The summed E-state index contributed by atoms with van der Waals surface area (Å²) in [6, 6.07) is 3.44. The van der Waals surface area contributed by atoms with Crippen LogP contribution in [0.2, 0.25) is 0 Å². The first kappa shape index (κ1) is 36.0. The van der Waals surface area contributed by atoms with Gasteiger partial charge in [0.25, 0.3) is 0 Å². The number of allylic oxidation sites excluding steroid dienone is 1. The predicted octanol–water partition coefficient (Wildman–Crippen LogP) is 7.17. The Morgan fingerprint density at radius 3 is 2.32 bits per heavy atom. The summed E-state index contributed by atoms with van der Waals surface area (Å²) in [7, 11) is 0. The number of aryl methyl sites for hydroxylation is 2. The molecule has 0 radical (unpaired) electrons. The van der Waals surface area contributed by atoms with Crippen LogP contribution in [0.25, 0.3) is 11.1 Å². The molecule has 0 saturated carbocycles. The lowest BCUT2D eigenvalue weighted by atomic mass is 9.92. The van der Waals surface area contributed by atoms with Crippen LogP contribution in [-0.4, -0.2) is 42.8 Å². The highest BCUT2D eigenvalue weighted by molar-refractivity contribution is 5.87. The number of carbonyl (C=O) groups is 3. The number of unbranched alkanes of at least 4 members (excludes halogenated alkanes) is 1. The zero-order chi connectivity index (χ0) is 33.0. The van der Waals surface area contributed by atoms with Crippen LogP contribution in [0.4, 0.5) is 13.6 Å². The molecule has 2 aromatic rings. The van der Waals surface area contributed by atoms with Crippen LogP contribution in [0, 0.1) is 25.5 Å². The first-order valence-corrected chi connectivity index (χ1v) is 14.6. The van der Waals surface area contributed by atoms with Gasteiger partial charge in [0, 0.05) is 17.2 Å². The quantitative estimate of drug-likeness (QED) is 0.125. The molecule has 0 aliphatic rings. The number of rotatable bonds is 15. The zero-order valence-corrected chi connectivity index (χ0v) is 26.5. The summed E-state index contributed by atoms with van der Waals surface area (Å²) in [5, 5.41) is 5.22. The average Bonchev–Trinajstić information content (AvgIpc) is 2.91. The fourth-order valence-corrected chi connectivity index (χ4v) is 4.55. The fourth-order valence-electron chi connectivity index (χ4n) is 4.55. The number of carbonyl (C=O) groups excluding carboxylic acids is 3. The normalized spacial score (nSPS) is 12.5. The van der Waals surface area contributed by atoms with E-state index in [2.05, 4.69) is 23.8 Å². The molecule has 0 aliphatic carbocycles. The number of nitrogens with one attached hydrogen (secondary N) is 2. The number of esters is 1. The van der Waals surface area contributed by atoms with Gasteiger partial charge in [-0.1, -0.05) is 12.2 Å². The highest BCUT2D eigenvalue weighted by Crippen LogP contribution is 2.38. The van der Waals surface area contributed by atoms with Crippen molar-refractivity contribution in [3.63, 3.8) is 0 Å². The van der Waals surface area contributed by atoms with Crippen molar-refractivity contribution < 1.29 is 37.4 Å². The smallest absolute Gasteiger partial charge is 0.408 e. The molecule has 2 N–H and O–H groups in total. The molecular formula is C34H44F2N2O6. The van der Waals surface area contributed by atoms with Gasteiger partial charge in [-0.05, 0) is 95.7 Å². The minimum absolute atomic E-state index is 0.0114. The van der Waals surface area contributed by atoms with Crippen LogP contribution in [-0.2, 0) is 19.1 Å². The third-order valence-electron chi connectivity index (χ3n) is 6.42. The molecule has 0 aromatic heterocycles. The third kappa shape index (κ3) is 10.8. The molecule has 8 nitrogen and oxygen atoms in total. The fraction of sp³-hybridized carbons (Fsp3) is 0.441. The van der Waals surface area contributed by atoms with Gasteiger partial charge in [-0.15, -0.1) is 13.2 Å². The molecule has 2 rings (SSSR count). The molecule has 10 heteroatoms. The predicted molar refractivity (Wildman–Crippen MR) is 166 cm³/mol. The van der Waals surface area contributed by atoms with Crippen molar-refractivity contribution in [1.29, 1.82) is 0 Å². The summed E-state index contributed by atoms with van der Waals surface area (Å²) in [5.74, 6) is -2.19. The van der Waals surface area contributed by atoms with E-state index in [0.29, 0.717) is 36.1 Å². The van der Waals surface area contributed by atoms with Crippen molar-refractivity contribution in [2.45, 2.75) is 84.9 Å². The number of benzene rings is 2. The number of halogens is 2. The van der Waals surface area contributed by atoms with Gasteiger partial charge in [-0.25, -0.2) is 13.6 Å². The maximum absolute atomic E-state index is 15.8. The molecule has 2 amide bonds. The Balaban J connectivity index is 2.58. The highest BCUT2D eigenvalue weighted by Gasteiger charge is 2.29. The Hall–Kier alpha value is -4.21. The summed E-state index contributed by atoms with van der Waals surface area (Å²) in [6.45, 7) is 17.7. The van der Waals surface area contributed by atoms with Crippen LogP contribution >= 0.6 is 0 Å². The lowest BCUT2D eigenvalue weighted by Crippen LogP contribution is -2.49. The topological polar surface area (TPSA) is 103 Å². The maximum Gasteiger partial charge on any atom is 0.408 e. The molecule has 240 valence electrons. The van der Waals surface area contributed by atoms with Crippen molar-refractivity contribution in [1.82, 2.24) is 10.6 Å². The van der Waals surface area contributed by atoms with Gasteiger partial charge < -0.3 is 24.8 Å². The Bertz CT molecular complexity index is 1350. The minimum Gasteiger partial charge on any atom is -0.493 e. The number of ether oxygens (including phenoxy) is 3. The molecule has 0 saturated heterocycles. The van der Waals surface area contributed by atoms with Crippen LogP contribution in [0.15, 0.2) is 49.6 Å². The van der Waals surface area contributed by atoms with Crippen molar-refractivity contribution >= 4 is 18.0 Å². The van der Waals surface area contributed by atoms with Crippen molar-refractivity contribution in [2.24, 2.45) is 0 Å². The van der Waals surface area contributed by atoms with E-state index < -0.39 is 47.3 Å². The van der Waals surface area contributed by atoms with Gasteiger partial charge in [0.05, 0.1) is 25.7 Å². The van der Waals surface area contributed by atoms with E-state index in [1.165, 1.54) is 24.3 Å². The number of hydrogen-bond donors (Lipinski definition) is 2. The zero-order valence-electron chi connectivity index (χ0n) is 26.5. The monoisotopic (exact) mass is 614 g/mol. The number of alkyl carbamates (subject to hydrolysis) is 1. The van der Waals surface area contributed by atoms with E-state index in [-0.39, 0.29) is 36.3 Å². The van der Waals surface area contributed by atoms with Gasteiger partial charge >= 0.3 is 12.1 Å². The second-order valence-corrected chi connectivity index (χ2v) is 11.4. The van der Waals surface area contributed by atoms with E-state index in [9.17, 15) is 18.8 Å². The summed E-state index contributed by atoms with van der Waals surface area (Å²) in [4.78, 5) is 38.5. The molecule has 0 spiro atoms.